The van der Waals surface area contributed by atoms with Gasteiger partial charge in [0.2, 0.25) is 0 Å². The quantitative estimate of drug-likeness (QED) is 0.644. The maximum Gasteiger partial charge on any atom is 0.323 e. The Bertz CT molecular complexity index is 573. The lowest BCUT2D eigenvalue weighted by atomic mass is 10.1. The molecule has 0 amide bonds. The second-order valence-electron chi connectivity index (χ2n) is 4.69. The van der Waals surface area contributed by atoms with Gasteiger partial charge in [0.25, 0.3) is 0 Å². The van der Waals surface area contributed by atoms with Crippen LogP contribution < -0.4 is 11.0 Å². The molecule has 98 valence electrons. The van der Waals surface area contributed by atoms with Crippen LogP contribution in [0.3, 0.4) is 0 Å². The van der Waals surface area contributed by atoms with Crippen LogP contribution in [0.15, 0.2) is 23.0 Å². The van der Waals surface area contributed by atoms with E-state index in [-0.39, 0.29) is 24.4 Å². The summed E-state index contributed by atoms with van der Waals surface area (Å²) in [4.78, 5) is 16.7. The minimum absolute atomic E-state index is 0.175. The fourth-order valence-electron chi connectivity index (χ4n) is 2.12. The Morgan fingerprint density at radius 3 is 2.72 bits per heavy atom. The number of aliphatic hydroxyl groups is 1. The Labute approximate surface area is 105 Å². The number of nitrogens with one attached hydrogen (secondary N) is 3. The maximum absolute atomic E-state index is 11.2. The molecule has 0 aliphatic carbocycles. The highest BCUT2D eigenvalue weighted by Crippen LogP contribution is 2.17. The van der Waals surface area contributed by atoms with E-state index in [1.165, 1.54) is 0 Å². The summed E-state index contributed by atoms with van der Waals surface area (Å²) in [7, 11) is 0. The van der Waals surface area contributed by atoms with Crippen molar-refractivity contribution in [1.82, 2.24) is 15.3 Å². The van der Waals surface area contributed by atoms with Crippen LogP contribution in [-0.4, -0.2) is 27.7 Å². The van der Waals surface area contributed by atoms with Gasteiger partial charge in [0.15, 0.2) is 0 Å². The van der Waals surface area contributed by atoms with E-state index in [2.05, 4.69) is 22.2 Å². The van der Waals surface area contributed by atoms with Gasteiger partial charge in [-0.05, 0) is 38.0 Å². The predicted molar refractivity (Wildman–Crippen MR) is 71.6 cm³/mol. The number of rotatable bonds is 5. The van der Waals surface area contributed by atoms with Crippen LogP contribution >= 0.6 is 0 Å². The maximum atomic E-state index is 11.2. The average molecular weight is 249 g/mol. The summed E-state index contributed by atoms with van der Waals surface area (Å²) in [6.45, 7) is 4.30. The number of hydrogen-bond acceptors (Lipinski definition) is 3. The van der Waals surface area contributed by atoms with Crippen LogP contribution in [-0.2, 0) is 0 Å². The van der Waals surface area contributed by atoms with Crippen molar-refractivity contribution < 1.29 is 5.11 Å². The molecule has 2 aromatic rings. The fraction of sp³-hybridized carbons (Fsp3) is 0.462. The molecule has 4 N–H and O–H groups in total. The van der Waals surface area contributed by atoms with Gasteiger partial charge in [-0.1, -0.05) is 6.07 Å². The first-order chi connectivity index (χ1) is 8.60. The summed E-state index contributed by atoms with van der Waals surface area (Å²) in [6, 6.07) is 6.30. The van der Waals surface area contributed by atoms with E-state index in [1.807, 2.05) is 25.1 Å². The molecule has 1 aromatic heterocycles. The van der Waals surface area contributed by atoms with Gasteiger partial charge in [0.1, 0.15) is 0 Å². The smallest absolute Gasteiger partial charge is 0.323 e. The summed E-state index contributed by atoms with van der Waals surface area (Å²) in [5.74, 6) is 0. The van der Waals surface area contributed by atoms with E-state index in [4.69, 9.17) is 5.11 Å². The van der Waals surface area contributed by atoms with Gasteiger partial charge in [0, 0.05) is 18.7 Å². The van der Waals surface area contributed by atoms with Crippen LogP contribution in [0.1, 0.15) is 31.9 Å². The van der Waals surface area contributed by atoms with Gasteiger partial charge in [-0.15, -0.1) is 0 Å². The zero-order valence-corrected chi connectivity index (χ0v) is 10.7. The van der Waals surface area contributed by atoms with Crippen LogP contribution in [0, 0.1) is 0 Å². The molecular weight excluding hydrogens is 230 g/mol. The van der Waals surface area contributed by atoms with E-state index in [0.717, 1.165) is 23.0 Å². The van der Waals surface area contributed by atoms with Gasteiger partial charge in [-0.25, -0.2) is 4.79 Å². The first kappa shape index (κ1) is 12.9. The number of aromatic nitrogens is 2. The molecule has 0 aliphatic rings. The zero-order valence-electron chi connectivity index (χ0n) is 10.7. The molecule has 5 nitrogen and oxygen atoms in total. The third kappa shape index (κ3) is 2.80. The standard InChI is InChI=1S/C13H19N3O2/c1-8(5-6-17)14-9(2)10-3-4-11-12(7-10)16-13(18)15-11/h3-4,7-9,14,17H,5-6H2,1-2H3,(H2,15,16,18). The predicted octanol–water partition coefficient (Wildman–Crippen LogP) is 1.28. The van der Waals surface area contributed by atoms with E-state index in [0.29, 0.717) is 0 Å². The third-order valence-electron chi connectivity index (χ3n) is 3.14. The second-order valence-corrected chi connectivity index (χ2v) is 4.69. The number of fused-ring (bicyclic) bond motifs is 1. The molecule has 1 aromatic carbocycles. The molecule has 0 saturated heterocycles. The van der Waals surface area contributed by atoms with Gasteiger partial charge in [-0.2, -0.15) is 0 Å². The number of benzene rings is 1. The average Bonchev–Trinajstić information content (AvgIpc) is 2.68. The Morgan fingerprint density at radius 2 is 2.00 bits per heavy atom. The minimum Gasteiger partial charge on any atom is -0.396 e. The highest BCUT2D eigenvalue weighted by atomic mass is 16.3. The highest BCUT2D eigenvalue weighted by Gasteiger charge is 2.10. The molecular formula is C13H19N3O2. The van der Waals surface area contributed by atoms with Crippen molar-refractivity contribution in [1.29, 1.82) is 0 Å². The molecule has 2 atom stereocenters. The van der Waals surface area contributed by atoms with Crippen LogP contribution in [0.2, 0.25) is 0 Å². The zero-order chi connectivity index (χ0) is 13.1. The van der Waals surface area contributed by atoms with Crippen molar-refractivity contribution in [3.05, 3.63) is 34.2 Å². The molecule has 0 bridgehead atoms. The summed E-state index contributed by atoms with van der Waals surface area (Å²) >= 11 is 0. The van der Waals surface area contributed by atoms with Gasteiger partial charge < -0.3 is 20.4 Å². The number of hydrogen-bond donors (Lipinski definition) is 4. The van der Waals surface area contributed by atoms with E-state index in [9.17, 15) is 4.79 Å². The third-order valence-corrected chi connectivity index (χ3v) is 3.14. The van der Waals surface area contributed by atoms with Crippen LogP contribution in [0.5, 0.6) is 0 Å². The molecule has 5 heteroatoms. The molecule has 2 unspecified atom stereocenters. The summed E-state index contributed by atoms with van der Waals surface area (Å²) in [5, 5.41) is 12.3. The SMILES string of the molecule is CC(CCO)NC(C)c1ccc2[nH]c(=O)[nH]c2c1. The van der Waals surface area contributed by atoms with Gasteiger partial charge in [0.05, 0.1) is 11.0 Å². The molecule has 0 spiro atoms. The Morgan fingerprint density at radius 1 is 1.28 bits per heavy atom. The number of H-pyrrole nitrogens is 2. The Kier molecular flexibility index (Phi) is 3.84. The van der Waals surface area contributed by atoms with Crippen molar-refractivity contribution in [2.45, 2.75) is 32.4 Å². The topological polar surface area (TPSA) is 80.9 Å². The molecule has 0 saturated carbocycles. The largest absolute Gasteiger partial charge is 0.396 e. The normalized spacial score (nSPS) is 14.8. The van der Waals surface area contributed by atoms with E-state index in [1.54, 1.807) is 0 Å². The van der Waals surface area contributed by atoms with Crippen molar-refractivity contribution >= 4 is 11.0 Å². The van der Waals surface area contributed by atoms with Gasteiger partial charge in [-0.3, -0.25) is 0 Å². The molecule has 1 heterocycles. The summed E-state index contributed by atoms with van der Waals surface area (Å²) < 4.78 is 0. The summed E-state index contributed by atoms with van der Waals surface area (Å²) in [5.41, 5.74) is 2.57. The number of imidazole rings is 1. The van der Waals surface area contributed by atoms with Crippen molar-refractivity contribution in [2.75, 3.05) is 6.61 Å². The minimum atomic E-state index is -0.184. The second kappa shape index (κ2) is 5.37. The highest BCUT2D eigenvalue weighted by molar-refractivity contribution is 5.75. The van der Waals surface area contributed by atoms with Crippen LogP contribution in [0.25, 0.3) is 11.0 Å². The Hall–Kier alpha value is -1.59. The molecule has 18 heavy (non-hydrogen) atoms. The first-order valence-corrected chi connectivity index (χ1v) is 6.19. The lowest BCUT2D eigenvalue weighted by Crippen LogP contribution is -2.29. The lowest BCUT2D eigenvalue weighted by Gasteiger charge is -2.19. The molecule has 0 aliphatic heterocycles. The molecule has 2 rings (SSSR count). The lowest BCUT2D eigenvalue weighted by molar-refractivity contribution is 0.264. The number of aromatic amines is 2. The van der Waals surface area contributed by atoms with Crippen LogP contribution in [0.4, 0.5) is 0 Å². The van der Waals surface area contributed by atoms with Crippen molar-refractivity contribution in [3.63, 3.8) is 0 Å². The van der Waals surface area contributed by atoms with E-state index < -0.39 is 0 Å². The summed E-state index contributed by atoms with van der Waals surface area (Å²) in [6.07, 6.45) is 0.730. The van der Waals surface area contributed by atoms with Crippen molar-refractivity contribution in [2.24, 2.45) is 0 Å². The van der Waals surface area contributed by atoms with Gasteiger partial charge >= 0.3 is 5.69 Å². The number of aliphatic hydroxyl groups excluding tert-OH is 1. The van der Waals surface area contributed by atoms with Crippen molar-refractivity contribution in [3.8, 4) is 0 Å². The monoisotopic (exact) mass is 249 g/mol. The molecule has 0 radical (unpaired) electrons. The first-order valence-electron chi connectivity index (χ1n) is 6.19. The van der Waals surface area contributed by atoms with E-state index >= 15 is 0 Å². The molecule has 0 fully saturated rings. The fourth-order valence-corrected chi connectivity index (χ4v) is 2.12. The Balaban J connectivity index is 2.17.